The molecule has 0 spiro atoms. The summed E-state index contributed by atoms with van der Waals surface area (Å²) < 4.78 is 52.7. The number of aromatic nitrogens is 1. The van der Waals surface area contributed by atoms with Gasteiger partial charge in [0.25, 0.3) is 0 Å². The summed E-state index contributed by atoms with van der Waals surface area (Å²) in [5, 5.41) is 2.79. The second kappa shape index (κ2) is 5.81. The van der Waals surface area contributed by atoms with E-state index in [0.29, 0.717) is 5.56 Å². The van der Waals surface area contributed by atoms with Crippen LogP contribution in [-0.2, 0) is 6.18 Å². The number of nitrogens with zero attached hydrogens (tertiary/aromatic N) is 1. The fraction of sp³-hybridized carbons (Fsp3) is 0.267. The van der Waals surface area contributed by atoms with E-state index in [4.69, 9.17) is 0 Å². The molecule has 2 rings (SSSR count). The largest absolute Gasteiger partial charge is 0.416 e. The molecular formula is C15H14F4N2. The van der Waals surface area contributed by atoms with E-state index in [0.717, 1.165) is 23.8 Å². The van der Waals surface area contributed by atoms with Crippen LogP contribution in [0.5, 0.6) is 0 Å². The van der Waals surface area contributed by atoms with E-state index in [1.54, 1.807) is 19.2 Å². The van der Waals surface area contributed by atoms with Crippen LogP contribution in [0.25, 0.3) is 0 Å². The number of halogens is 4. The number of nitrogens with one attached hydrogen (secondary N) is 1. The first-order chi connectivity index (χ1) is 9.82. The van der Waals surface area contributed by atoms with Crippen molar-refractivity contribution in [3.8, 4) is 0 Å². The van der Waals surface area contributed by atoms with Gasteiger partial charge in [-0.3, -0.25) is 4.98 Å². The van der Waals surface area contributed by atoms with Crippen LogP contribution >= 0.6 is 0 Å². The van der Waals surface area contributed by atoms with Crippen molar-refractivity contribution >= 4 is 0 Å². The molecule has 6 heteroatoms. The lowest BCUT2D eigenvalue weighted by molar-refractivity contribution is -0.138. The maximum absolute atomic E-state index is 13.4. The molecule has 1 aromatic carbocycles. The van der Waals surface area contributed by atoms with Gasteiger partial charge >= 0.3 is 6.18 Å². The molecule has 21 heavy (non-hydrogen) atoms. The van der Waals surface area contributed by atoms with Gasteiger partial charge in [-0.05, 0) is 48.9 Å². The Morgan fingerprint density at radius 1 is 1.14 bits per heavy atom. The summed E-state index contributed by atoms with van der Waals surface area (Å²) in [7, 11) is 1.53. The Labute approximate surface area is 119 Å². The second-order valence-corrected chi connectivity index (χ2v) is 4.75. The Morgan fingerprint density at radius 2 is 1.86 bits per heavy atom. The van der Waals surface area contributed by atoms with Crippen molar-refractivity contribution < 1.29 is 17.6 Å². The van der Waals surface area contributed by atoms with Crippen LogP contribution in [0.4, 0.5) is 17.6 Å². The molecular weight excluding hydrogens is 284 g/mol. The average Bonchev–Trinajstić information content (AvgIpc) is 2.38. The normalized spacial score (nSPS) is 13.2. The van der Waals surface area contributed by atoms with E-state index in [-0.39, 0.29) is 5.56 Å². The van der Waals surface area contributed by atoms with Gasteiger partial charge in [-0.2, -0.15) is 13.2 Å². The zero-order valence-corrected chi connectivity index (χ0v) is 11.5. The molecule has 0 aliphatic rings. The summed E-state index contributed by atoms with van der Waals surface area (Å²) in [6.07, 6.45) is -1.47. The summed E-state index contributed by atoms with van der Waals surface area (Å²) in [5.41, 5.74) is 0.355. The summed E-state index contributed by atoms with van der Waals surface area (Å²) in [6.45, 7) is 1.79. The molecule has 2 nitrogen and oxygen atoms in total. The van der Waals surface area contributed by atoms with Gasteiger partial charge in [0.1, 0.15) is 5.82 Å². The number of hydrogen-bond donors (Lipinski definition) is 1. The van der Waals surface area contributed by atoms with E-state index in [9.17, 15) is 17.6 Å². The summed E-state index contributed by atoms with van der Waals surface area (Å²) in [4.78, 5) is 3.98. The van der Waals surface area contributed by atoms with Gasteiger partial charge < -0.3 is 5.32 Å². The molecule has 1 unspecified atom stereocenters. The van der Waals surface area contributed by atoms with Gasteiger partial charge in [0.15, 0.2) is 0 Å². The average molecular weight is 298 g/mol. The Morgan fingerprint density at radius 3 is 2.43 bits per heavy atom. The molecule has 2 aromatic rings. The minimum atomic E-state index is -4.55. The third kappa shape index (κ3) is 3.39. The standard InChI is InChI=1S/C15H14F4N2/c1-9-5-10(8-21-7-9)14(20-2)12-6-11(16)3-4-13(12)15(17,18)19/h3-8,14,20H,1-2H3. The van der Waals surface area contributed by atoms with E-state index in [1.165, 1.54) is 13.2 Å². The fourth-order valence-corrected chi connectivity index (χ4v) is 2.27. The van der Waals surface area contributed by atoms with Crippen molar-refractivity contribution in [2.45, 2.75) is 19.1 Å². The molecule has 1 N–H and O–H groups in total. The zero-order valence-electron chi connectivity index (χ0n) is 11.5. The van der Waals surface area contributed by atoms with E-state index < -0.39 is 23.6 Å². The Hall–Kier alpha value is -1.95. The molecule has 0 saturated carbocycles. The topological polar surface area (TPSA) is 24.9 Å². The van der Waals surface area contributed by atoms with Crippen LogP contribution in [0.15, 0.2) is 36.7 Å². The first-order valence-corrected chi connectivity index (χ1v) is 6.28. The van der Waals surface area contributed by atoms with Crippen molar-refractivity contribution in [3.05, 3.63) is 64.7 Å². The maximum atomic E-state index is 13.4. The molecule has 0 bridgehead atoms. The quantitative estimate of drug-likeness (QED) is 0.870. The van der Waals surface area contributed by atoms with E-state index >= 15 is 0 Å². The monoisotopic (exact) mass is 298 g/mol. The van der Waals surface area contributed by atoms with Crippen LogP contribution < -0.4 is 5.32 Å². The van der Waals surface area contributed by atoms with Gasteiger partial charge in [0.2, 0.25) is 0 Å². The highest BCUT2D eigenvalue weighted by Gasteiger charge is 2.35. The predicted molar refractivity (Wildman–Crippen MR) is 71.3 cm³/mol. The third-order valence-corrected chi connectivity index (χ3v) is 3.15. The Bertz CT molecular complexity index is 638. The fourth-order valence-electron chi connectivity index (χ4n) is 2.27. The van der Waals surface area contributed by atoms with E-state index in [1.807, 2.05) is 0 Å². The highest BCUT2D eigenvalue weighted by molar-refractivity contribution is 5.39. The minimum Gasteiger partial charge on any atom is -0.309 e. The van der Waals surface area contributed by atoms with Gasteiger partial charge in [0.05, 0.1) is 11.6 Å². The van der Waals surface area contributed by atoms with Gasteiger partial charge in [-0.1, -0.05) is 6.07 Å². The number of hydrogen-bond acceptors (Lipinski definition) is 2. The molecule has 0 amide bonds. The van der Waals surface area contributed by atoms with Gasteiger partial charge in [0, 0.05) is 12.4 Å². The molecule has 0 aliphatic carbocycles. The number of rotatable bonds is 3. The Balaban J connectivity index is 2.59. The maximum Gasteiger partial charge on any atom is 0.416 e. The number of aryl methyl sites for hydroxylation is 1. The molecule has 1 atom stereocenters. The molecule has 0 fully saturated rings. The molecule has 0 saturated heterocycles. The minimum absolute atomic E-state index is 0.155. The van der Waals surface area contributed by atoms with Crippen LogP contribution in [0, 0.1) is 12.7 Å². The SMILES string of the molecule is CNC(c1cncc(C)c1)c1cc(F)ccc1C(F)(F)F. The third-order valence-electron chi connectivity index (χ3n) is 3.15. The first kappa shape index (κ1) is 15.4. The van der Waals surface area contributed by atoms with Crippen molar-refractivity contribution in [3.63, 3.8) is 0 Å². The summed E-state index contributed by atoms with van der Waals surface area (Å²) >= 11 is 0. The summed E-state index contributed by atoms with van der Waals surface area (Å²) in [5.74, 6) is -0.709. The number of alkyl halides is 3. The molecule has 112 valence electrons. The summed E-state index contributed by atoms with van der Waals surface area (Å²) in [6, 6.07) is 3.42. The molecule has 0 aliphatic heterocycles. The van der Waals surface area contributed by atoms with E-state index in [2.05, 4.69) is 10.3 Å². The first-order valence-electron chi connectivity index (χ1n) is 6.28. The molecule has 1 aromatic heterocycles. The lowest BCUT2D eigenvalue weighted by Gasteiger charge is -2.22. The molecule has 0 radical (unpaired) electrons. The molecule has 1 heterocycles. The van der Waals surface area contributed by atoms with Crippen LogP contribution in [0.1, 0.15) is 28.3 Å². The highest BCUT2D eigenvalue weighted by Crippen LogP contribution is 2.36. The van der Waals surface area contributed by atoms with Crippen molar-refractivity contribution in [2.75, 3.05) is 7.05 Å². The van der Waals surface area contributed by atoms with Crippen molar-refractivity contribution in [1.82, 2.24) is 10.3 Å². The van der Waals surface area contributed by atoms with Crippen LogP contribution in [0.2, 0.25) is 0 Å². The second-order valence-electron chi connectivity index (χ2n) is 4.75. The van der Waals surface area contributed by atoms with Crippen molar-refractivity contribution in [2.24, 2.45) is 0 Å². The van der Waals surface area contributed by atoms with Crippen LogP contribution in [-0.4, -0.2) is 12.0 Å². The highest BCUT2D eigenvalue weighted by atomic mass is 19.4. The van der Waals surface area contributed by atoms with Gasteiger partial charge in [-0.15, -0.1) is 0 Å². The Kier molecular flexibility index (Phi) is 4.27. The number of benzene rings is 1. The smallest absolute Gasteiger partial charge is 0.309 e. The van der Waals surface area contributed by atoms with Gasteiger partial charge in [-0.25, -0.2) is 4.39 Å². The predicted octanol–water partition coefficient (Wildman–Crippen LogP) is 3.86. The van der Waals surface area contributed by atoms with Crippen LogP contribution in [0.3, 0.4) is 0 Å². The number of pyridine rings is 1. The zero-order chi connectivity index (χ0) is 15.6. The van der Waals surface area contributed by atoms with Crippen molar-refractivity contribution in [1.29, 1.82) is 0 Å². The lowest BCUT2D eigenvalue weighted by atomic mass is 9.94. The lowest BCUT2D eigenvalue weighted by Crippen LogP contribution is -2.22.